The molecule has 0 saturated heterocycles. The van der Waals surface area contributed by atoms with Gasteiger partial charge in [0.05, 0.1) is 45.9 Å². The molecule has 0 unspecified atom stereocenters. The van der Waals surface area contributed by atoms with Gasteiger partial charge in [0.1, 0.15) is 0 Å². The molecule has 1 N–H and O–H groups in total. The van der Waals surface area contributed by atoms with E-state index in [1.807, 2.05) is 0 Å². The van der Waals surface area contributed by atoms with E-state index in [4.69, 9.17) is 24.1 Å². The van der Waals surface area contributed by atoms with Gasteiger partial charge in [-0.1, -0.05) is 0 Å². The topological polar surface area (TPSA) is 126 Å². The Morgan fingerprint density at radius 1 is 0.743 bits per heavy atom. The lowest BCUT2D eigenvalue weighted by Gasteiger charge is -2.15. The molecule has 2 aliphatic carbocycles. The monoisotopic (exact) mass is 488 g/mol. The predicted molar refractivity (Wildman–Crippen MR) is 126 cm³/mol. The van der Waals surface area contributed by atoms with E-state index in [1.54, 1.807) is 0 Å². The smallest absolute Gasteiger partial charge is 0.356 e. The summed E-state index contributed by atoms with van der Waals surface area (Å²) in [6.07, 6.45) is 12.3. The Balaban J connectivity index is 0.000000196. The van der Waals surface area contributed by atoms with Crippen molar-refractivity contribution in [3.05, 3.63) is 35.9 Å². The molecule has 0 amide bonds. The summed E-state index contributed by atoms with van der Waals surface area (Å²) in [5.41, 5.74) is 0.175. The number of hydrogen-bond acceptors (Lipinski definition) is 9. The molecule has 0 bridgehead atoms. The zero-order valence-electron chi connectivity index (χ0n) is 20.3. The second-order valence-corrected chi connectivity index (χ2v) is 8.29. The van der Waals surface area contributed by atoms with Crippen LogP contribution in [0.3, 0.4) is 0 Å². The minimum Gasteiger partial charge on any atom is -0.493 e. The van der Waals surface area contributed by atoms with Crippen molar-refractivity contribution in [3.63, 3.8) is 0 Å². The van der Waals surface area contributed by atoms with Crippen molar-refractivity contribution < 1.29 is 38.4 Å². The van der Waals surface area contributed by atoms with Gasteiger partial charge in [0.25, 0.3) is 0 Å². The molecule has 0 atom stereocenters. The van der Waals surface area contributed by atoms with Gasteiger partial charge in [-0.3, -0.25) is 0 Å². The van der Waals surface area contributed by atoms with Crippen LogP contribution >= 0.6 is 0 Å². The third-order valence-corrected chi connectivity index (χ3v) is 5.91. The Morgan fingerprint density at radius 3 is 1.57 bits per heavy atom. The maximum absolute atomic E-state index is 11.4. The molecule has 2 aromatic rings. The number of rotatable bonds is 8. The highest BCUT2D eigenvalue weighted by molar-refractivity contribution is 5.87. The van der Waals surface area contributed by atoms with E-state index in [0.29, 0.717) is 23.0 Å². The summed E-state index contributed by atoms with van der Waals surface area (Å²) in [4.78, 5) is 30.0. The number of ether oxygens (including phenoxy) is 5. The van der Waals surface area contributed by atoms with Crippen LogP contribution in [-0.4, -0.2) is 60.6 Å². The second-order valence-electron chi connectivity index (χ2n) is 8.29. The molecule has 10 nitrogen and oxygen atoms in total. The standard InChI is InChI=1S/C13H17NO4.C12H15NO4/c1-16-11-7-10(13(15)17-2)14-8-12(11)18-9-5-3-4-6-9;1-16-10-6-9(12(14)15)13-7-11(10)17-8-4-2-3-5-8/h7-9H,3-6H2,1-2H3;6-8H,2-5H2,1H3,(H,14,15). The largest absolute Gasteiger partial charge is 0.493 e. The molecule has 0 aliphatic heterocycles. The number of aromatic nitrogens is 2. The second kappa shape index (κ2) is 12.8. The van der Waals surface area contributed by atoms with Crippen LogP contribution in [0.2, 0.25) is 0 Å². The highest BCUT2D eigenvalue weighted by Gasteiger charge is 2.21. The van der Waals surface area contributed by atoms with Crippen molar-refractivity contribution in [2.45, 2.75) is 63.6 Å². The molecule has 190 valence electrons. The van der Waals surface area contributed by atoms with Crippen molar-refractivity contribution in [2.24, 2.45) is 0 Å². The van der Waals surface area contributed by atoms with E-state index in [9.17, 15) is 9.59 Å². The summed E-state index contributed by atoms with van der Waals surface area (Å²) in [5, 5.41) is 8.82. The lowest BCUT2D eigenvalue weighted by atomic mass is 10.3. The number of aromatic carboxylic acids is 1. The Labute approximate surface area is 204 Å². The van der Waals surface area contributed by atoms with Crippen LogP contribution in [0.4, 0.5) is 0 Å². The summed E-state index contributed by atoms with van der Waals surface area (Å²) in [7, 11) is 4.35. The van der Waals surface area contributed by atoms with Gasteiger partial charge in [-0.2, -0.15) is 0 Å². The van der Waals surface area contributed by atoms with Gasteiger partial charge in [0.2, 0.25) is 0 Å². The van der Waals surface area contributed by atoms with Crippen LogP contribution in [0.25, 0.3) is 0 Å². The number of esters is 1. The molecule has 2 saturated carbocycles. The number of carboxylic acid groups (broad SMARTS) is 1. The van der Waals surface area contributed by atoms with Crippen molar-refractivity contribution in [1.29, 1.82) is 0 Å². The first kappa shape index (κ1) is 26.1. The minimum atomic E-state index is -1.07. The van der Waals surface area contributed by atoms with Crippen LogP contribution in [0.5, 0.6) is 23.0 Å². The maximum Gasteiger partial charge on any atom is 0.356 e. The third kappa shape index (κ3) is 7.21. The molecule has 0 spiro atoms. The average Bonchev–Trinajstić information content (AvgIpc) is 3.59. The Bertz CT molecular complexity index is 1000. The van der Waals surface area contributed by atoms with Gasteiger partial charge in [0.15, 0.2) is 34.4 Å². The van der Waals surface area contributed by atoms with Crippen LogP contribution in [0, 0.1) is 0 Å². The number of carboxylic acids is 1. The summed E-state index contributed by atoms with van der Waals surface area (Å²) < 4.78 is 26.5. The number of methoxy groups -OCH3 is 3. The van der Waals surface area contributed by atoms with Crippen molar-refractivity contribution >= 4 is 11.9 Å². The van der Waals surface area contributed by atoms with Gasteiger partial charge in [-0.15, -0.1) is 0 Å². The molecule has 2 heterocycles. The quantitative estimate of drug-likeness (QED) is 0.537. The van der Waals surface area contributed by atoms with E-state index < -0.39 is 11.9 Å². The lowest BCUT2D eigenvalue weighted by molar-refractivity contribution is 0.0592. The van der Waals surface area contributed by atoms with Gasteiger partial charge in [-0.05, 0) is 51.4 Å². The number of hydrogen-bond donors (Lipinski definition) is 1. The molecule has 2 aliphatic rings. The first-order valence-electron chi connectivity index (χ1n) is 11.7. The summed E-state index contributed by atoms with van der Waals surface area (Å²) in [6, 6.07) is 2.92. The summed E-state index contributed by atoms with van der Waals surface area (Å²) in [5.74, 6) is 0.472. The van der Waals surface area contributed by atoms with E-state index in [2.05, 4.69) is 14.7 Å². The fourth-order valence-electron chi connectivity index (χ4n) is 4.05. The number of carbonyl (C=O) groups is 2. The SMILES string of the molecule is COC(=O)c1cc(OC)c(OC2CCCC2)cn1.COc1cc(C(=O)O)ncc1OC1CCCC1. The molecule has 2 fully saturated rings. The zero-order valence-corrected chi connectivity index (χ0v) is 20.3. The number of pyridine rings is 2. The third-order valence-electron chi connectivity index (χ3n) is 5.91. The van der Waals surface area contributed by atoms with E-state index in [-0.39, 0.29) is 23.6 Å². The fraction of sp³-hybridized carbons (Fsp3) is 0.520. The highest BCUT2D eigenvalue weighted by atomic mass is 16.5. The Hall–Kier alpha value is -3.56. The summed E-state index contributed by atoms with van der Waals surface area (Å²) >= 11 is 0. The minimum absolute atomic E-state index is 0.0411. The molecule has 0 aromatic carbocycles. The first-order valence-corrected chi connectivity index (χ1v) is 11.7. The van der Waals surface area contributed by atoms with Crippen LogP contribution in [0.15, 0.2) is 24.5 Å². The molecular weight excluding hydrogens is 456 g/mol. The Morgan fingerprint density at radius 2 is 1.17 bits per heavy atom. The maximum atomic E-state index is 11.4. The Kier molecular flexibility index (Phi) is 9.51. The molecule has 4 rings (SSSR count). The molecular formula is C25H32N2O8. The van der Waals surface area contributed by atoms with Crippen LogP contribution in [0.1, 0.15) is 72.3 Å². The van der Waals surface area contributed by atoms with E-state index in [1.165, 1.54) is 71.5 Å². The highest BCUT2D eigenvalue weighted by Crippen LogP contribution is 2.32. The zero-order chi connectivity index (χ0) is 25.2. The van der Waals surface area contributed by atoms with E-state index in [0.717, 1.165) is 25.7 Å². The summed E-state index contributed by atoms with van der Waals surface area (Å²) in [6.45, 7) is 0. The fourth-order valence-corrected chi connectivity index (χ4v) is 4.05. The van der Waals surface area contributed by atoms with Crippen molar-refractivity contribution in [2.75, 3.05) is 21.3 Å². The first-order chi connectivity index (χ1) is 16.9. The normalized spacial score (nSPS) is 15.6. The van der Waals surface area contributed by atoms with Gasteiger partial charge >= 0.3 is 11.9 Å². The van der Waals surface area contributed by atoms with Crippen LogP contribution in [-0.2, 0) is 4.74 Å². The van der Waals surface area contributed by atoms with Crippen molar-refractivity contribution in [1.82, 2.24) is 9.97 Å². The molecule has 0 radical (unpaired) electrons. The predicted octanol–water partition coefficient (Wildman–Crippen LogP) is 4.31. The number of nitrogens with zero attached hydrogens (tertiary/aromatic N) is 2. The van der Waals surface area contributed by atoms with Gasteiger partial charge in [-0.25, -0.2) is 19.6 Å². The van der Waals surface area contributed by atoms with Crippen molar-refractivity contribution in [3.8, 4) is 23.0 Å². The average molecular weight is 489 g/mol. The molecule has 10 heteroatoms. The lowest BCUT2D eigenvalue weighted by Crippen LogP contribution is -2.13. The number of carbonyl (C=O) groups excluding carboxylic acids is 1. The van der Waals surface area contributed by atoms with Gasteiger partial charge < -0.3 is 28.8 Å². The van der Waals surface area contributed by atoms with Gasteiger partial charge in [0, 0.05) is 12.1 Å². The molecule has 2 aromatic heterocycles. The van der Waals surface area contributed by atoms with Crippen LogP contribution < -0.4 is 18.9 Å². The van der Waals surface area contributed by atoms with E-state index >= 15 is 0 Å². The molecule has 35 heavy (non-hydrogen) atoms.